The Morgan fingerprint density at radius 2 is 1.90 bits per heavy atom. The first-order valence-corrected chi connectivity index (χ1v) is 11.7. The van der Waals surface area contributed by atoms with E-state index in [4.69, 9.17) is 16.6 Å². The lowest BCUT2D eigenvalue weighted by atomic mass is 10.1. The number of aromatic nitrogens is 3. The molecule has 2 aromatic heterocycles. The number of hydrogen-bond donors (Lipinski definition) is 1. The summed E-state index contributed by atoms with van der Waals surface area (Å²) in [5, 5.41) is 4.05. The zero-order valence-electron chi connectivity index (χ0n) is 17.1. The first kappa shape index (κ1) is 21.6. The van der Waals surface area contributed by atoms with Gasteiger partial charge in [0, 0.05) is 49.4 Å². The number of nitrogens with zero attached hydrogens (tertiary/aromatic N) is 4. The van der Waals surface area contributed by atoms with Crippen LogP contribution >= 0.6 is 23.4 Å². The van der Waals surface area contributed by atoms with Gasteiger partial charge in [0.05, 0.1) is 0 Å². The van der Waals surface area contributed by atoms with E-state index in [0.717, 1.165) is 30.0 Å². The predicted octanol–water partition coefficient (Wildman–Crippen LogP) is 4.74. The lowest BCUT2D eigenvalue weighted by Gasteiger charge is -2.27. The molecule has 4 rings (SSSR count). The van der Waals surface area contributed by atoms with Crippen LogP contribution in [0.2, 0.25) is 5.15 Å². The van der Waals surface area contributed by atoms with Gasteiger partial charge in [-0.1, -0.05) is 41.6 Å². The number of rotatable bonds is 7. The number of amides is 1. The standard InChI is InChI=1S/C23H24ClN5OS/c24-20-13-21(29-10-2-1-3-11-29)28-23(27-20)31-16-17-6-4-8-19(12-17)22(30)26-15-18-7-5-9-25-14-18/h4-9,12-14H,1-3,10-11,15-16H2,(H,26,30). The smallest absolute Gasteiger partial charge is 0.251 e. The fourth-order valence-electron chi connectivity index (χ4n) is 3.47. The van der Waals surface area contributed by atoms with Crippen LogP contribution in [0.4, 0.5) is 5.82 Å². The van der Waals surface area contributed by atoms with Crippen LogP contribution in [-0.4, -0.2) is 33.9 Å². The van der Waals surface area contributed by atoms with Crippen molar-refractivity contribution in [3.63, 3.8) is 0 Å². The lowest BCUT2D eigenvalue weighted by Crippen LogP contribution is -2.30. The van der Waals surface area contributed by atoms with Gasteiger partial charge in [0.25, 0.3) is 5.91 Å². The van der Waals surface area contributed by atoms with Crippen LogP contribution < -0.4 is 10.2 Å². The van der Waals surface area contributed by atoms with Crippen LogP contribution in [-0.2, 0) is 12.3 Å². The highest BCUT2D eigenvalue weighted by Gasteiger charge is 2.15. The zero-order valence-corrected chi connectivity index (χ0v) is 18.7. The number of thioether (sulfide) groups is 1. The van der Waals surface area contributed by atoms with E-state index in [1.165, 1.54) is 31.0 Å². The molecule has 31 heavy (non-hydrogen) atoms. The molecule has 6 nitrogen and oxygen atoms in total. The van der Waals surface area contributed by atoms with Crippen LogP contribution in [0.5, 0.6) is 0 Å². The SMILES string of the molecule is O=C(NCc1cccnc1)c1cccc(CSc2nc(Cl)cc(N3CCCCC3)n2)c1. The molecule has 0 bridgehead atoms. The summed E-state index contributed by atoms with van der Waals surface area (Å²) < 4.78 is 0. The van der Waals surface area contributed by atoms with E-state index >= 15 is 0 Å². The van der Waals surface area contributed by atoms with E-state index in [-0.39, 0.29) is 5.91 Å². The number of pyridine rings is 1. The van der Waals surface area contributed by atoms with Crippen molar-refractivity contribution >= 4 is 35.1 Å². The van der Waals surface area contributed by atoms with Gasteiger partial charge in [-0.15, -0.1) is 0 Å². The molecule has 1 saturated heterocycles. The summed E-state index contributed by atoms with van der Waals surface area (Å²) in [6.45, 7) is 2.46. The second-order valence-corrected chi connectivity index (χ2v) is 8.74. The molecule has 0 saturated carbocycles. The number of benzene rings is 1. The van der Waals surface area contributed by atoms with Gasteiger partial charge < -0.3 is 10.2 Å². The quantitative estimate of drug-likeness (QED) is 0.316. The van der Waals surface area contributed by atoms with Crippen LogP contribution in [0, 0.1) is 0 Å². The minimum atomic E-state index is -0.109. The first-order valence-electron chi connectivity index (χ1n) is 10.4. The third kappa shape index (κ3) is 6.18. The van der Waals surface area contributed by atoms with Crippen LogP contribution in [0.15, 0.2) is 60.0 Å². The van der Waals surface area contributed by atoms with Gasteiger partial charge in [-0.2, -0.15) is 0 Å². The fraction of sp³-hybridized carbons (Fsp3) is 0.304. The molecule has 0 atom stereocenters. The summed E-state index contributed by atoms with van der Waals surface area (Å²) in [6, 6.07) is 13.2. The van der Waals surface area contributed by atoms with Gasteiger partial charge in [-0.25, -0.2) is 9.97 Å². The molecule has 0 aliphatic carbocycles. The Hall–Kier alpha value is -2.64. The predicted molar refractivity (Wildman–Crippen MR) is 125 cm³/mol. The maximum absolute atomic E-state index is 12.5. The van der Waals surface area contributed by atoms with Crippen molar-refractivity contribution in [3.05, 3.63) is 76.7 Å². The van der Waals surface area contributed by atoms with Gasteiger partial charge in [-0.05, 0) is 48.6 Å². The third-order valence-corrected chi connectivity index (χ3v) is 6.19. The van der Waals surface area contributed by atoms with E-state index in [1.807, 2.05) is 42.5 Å². The average Bonchev–Trinajstić information content (AvgIpc) is 2.82. The molecular formula is C23H24ClN5OS. The maximum Gasteiger partial charge on any atom is 0.251 e. The highest BCUT2D eigenvalue weighted by Crippen LogP contribution is 2.26. The largest absolute Gasteiger partial charge is 0.356 e. The van der Waals surface area contributed by atoms with E-state index in [1.54, 1.807) is 12.4 Å². The molecule has 1 fully saturated rings. The van der Waals surface area contributed by atoms with Crippen molar-refractivity contribution in [1.82, 2.24) is 20.3 Å². The molecular weight excluding hydrogens is 430 g/mol. The van der Waals surface area contributed by atoms with Gasteiger partial charge in [-0.3, -0.25) is 9.78 Å². The minimum Gasteiger partial charge on any atom is -0.356 e. The summed E-state index contributed by atoms with van der Waals surface area (Å²) in [5.74, 6) is 1.44. The first-order chi connectivity index (χ1) is 15.2. The highest BCUT2D eigenvalue weighted by molar-refractivity contribution is 7.98. The lowest BCUT2D eigenvalue weighted by molar-refractivity contribution is 0.0951. The molecule has 160 valence electrons. The second-order valence-electron chi connectivity index (χ2n) is 7.41. The van der Waals surface area contributed by atoms with Crippen molar-refractivity contribution in [1.29, 1.82) is 0 Å². The van der Waals surface area contributed by atoms with Crippen molar-refractivity contribution in [2.45, 2.75) is 36.7 Å². The topological polar surface area (TPSA) is 71.0 Å². The summed E-state index contributed by atoms with van der Waals surface area (Å²) in [4.78, 5) is 27.9. The molecule has 3 heterocycles. The molecule has 1 amide bonds. The monoisotopic (exact) mass is 453 g/mol. The average molecular weight is 454 g/mol. The molecule has 0 unspecified atom stereocenters. The molecule has 0 spiro atoms. The third-order valence-electron chi connectivity index (χ3n) is 5.07. The Labute approximate surface area is 191 Å². The molecule has 8 heteroatoms. The van der Waals surface area contributed by atoms with Crippen molar-refractivity contribution < 1.29 is 4.79 Å². The number of carbonyl (C=O) groups excluding carboxylic acids is 1. The molecule has 0 radical (unpaired) electrons. The second kappa shape index (κ2) is 10.6. The molecule has 3 aromatic rings. The summed E-state index contributed by atoms with van der Waals surface area (Å²) >= 11 is 7.78. The Bertz CT molecular complexity index is 1030. The number of anilines is 1. The number of carbonyl (C=O) groups is 1. The highest BCUT2D eigenvalue weighted by atomic mass is 35.5. The Morgan fingerprint density at radius 1 is 1.06 bits per heavy atom. The number of nitrogens with one attached hydrogen (secondary N) is 1. The molecule has 1 aliphatic heterocycles. The molecule has 1 aromatic carbocycles. The fourth-order valence-corrected chi connectivity index (χ4v) is 4.50. The Morgan fingerprint density at radius 3 is 2.71 bits per heavy atom. The normalized spacial score (nSPS) is 13.8. The Kier molecular flexibility index (Phi) is 7.38. The van der Waals surface area contributed by atoms with E-state index in [0.29, 0.717) is 28.2 Å². The molecule has 1 N–H and O–H groups in total. The number of halogens is 1. The van der Waals surface area contributed by atoms with Crippen LogP contribution in [0.3, 0.4) is 0 Å². The summed E-state index contributed by atoms with van der Waals surface area (Å²) in [6.07, 6.45) is 7.09. The van der Waals surface area contributed by atoms with Gasteiger partial charge >= 0.3 is 0 Å². The number of piperidine rings is 1. The van der Waals surface area contributed by atoms with E-state index in [9.17, 15) is 4.79 Å². The van der Waals surface area contributed by atoms with E-state index < -0.39 is 0 Å². The zero-order chi connectivity index (χ0) is 21.5. The minimum absolute atomic E-state index is 0.109. The van der Waals surface area contributed by atoms with Crippen LogP contribution in [0.25, 0.3) is 0 Å². The van der Waals surface area contributed by atoms with Crippen molar-refractivity contribution in [2.24, 2.45) is 0 Å². The van der Waals surface area contributed by atoms with Gasteiger partial charge in [0.1, 0.15) is 11.0 Å². The van der Waals surface area contributed by atoms with Gasteiger partial charge in [0.15, 0.2) is 5.16 Å². The van der Waals surface area contributed by atoms with Gasteiger partial charge in [0.2, 0.25) is 0 Å². The summed E-state index contributed by atoms with van der Waals surface area (Å²) in [7, 11) is 0. The van der Waals surface area contributed by atoms with E-state index in [2.05, 4.69) is 20.2 Å². The van der Waals surface area contributed by atoms with Crippen LogP contribution in [0.1, 0.15) is 40.7 Å². The van der Waals surface area contributed by atoms with Crippen molar-refractivity contribution in [2.75, 3.05) is 18.0 Å². The molecule has 1 aliphatic rings. The summed E-state index contributed by atoms with van der Waals surface area (Å²) in [5.41, 5.74) is 2.62. The van der Waals surface area contributed by atoms with Crippen molar-refractivity contribution in [3.8, 4) is 0 Å². The Balaban J connectivity index is 1.38. The maximum atomic E-state index is 12.5. The number of hydrogen-bond acceptors (Lipinski definition) is 6.